The molecular formula is C11H10O2. The molecule has 0 spiro atoms. The van der Waals surface area contributed by atoms with Crippen molar-refractivity contribution < 1.29 is 9.53 Å². The Balaban J connectivity index is 2.87. The highest BCUT2D eigenvalue weighted by atomic mass is 16.5. The largest absolute Gasteiger partial charge is 0.468 e. The van der Waals surface area contributed by atoms with E-state index in [1.165, 1.54) is 7.11 Å². The van der Waals surface area contributed by atoms with Gasteiger partial charge >= 0.3 is 5.97 Å². The first-order chi connectivity index (χ1) is 6.27. The van der Waals surface area contributed by atoms with E-state index in [0.717, 1.165) is 5.56 Å². The summed E-state index contributed by atoms with van der Waals surface area (Å²) >= 11 is 0. The van der Waals surface area contributed by atoms with E-state index in [-0.39, 0.29) is 0 Å². The summed E-state index contributed by atoms with van der Waals surface area (Å²) in [5, 5.41) is 0. The van der Waals surface area contributed by atoms with Gasteiger partial charge in [0.2, 0.25) is 0 Å². The molecule has 2 nitrogen and oxygen atoms in total. The molecule has 0 saturated carbocycles. The Morgan fingerprint density at radius 3 is 2.85 bits per heavy atom. The van der Waals surface area contributed by atoms with Gasteiger partial charge in [-0.15, -0.1) is 0 Å². The van der Waals surface area contributed by atoms with Gasteiger partial charge < -0.3 is 4.74 Å². The minimum Gasteiger partial charge on any atom is -0.468 e. The molecule has 0 amide bonds. The minimum atomic E-state index is -0.478. The van der Waals surface area contributed by atoms with Crippen LogP contribution in [0, 0.1) is 6.42 Å². The first-order valence-electron chi connectivity index (χ1n) is 3.84. The van der Waals surface area contributed by atoms with Gasteiger partial charge in [-0.05, 0) is 11.1 Å². The Bertz CT molecular complexity index is 316. The third-order valence-electron chi connectivity index (χ3n) is 1.60. The number of hydrogen-bond donors (Lipinski definition) is 0. The van der Waals surface area contributed by atoms with Gasteiger partial charge in [-0.2, -0.15) is 0 Å². The molecule has 0 atom stereocenters. The Morgan fingerprint density at radius 1 is 1.54 bits per heavy atom. The van der Waals surface area contributed by atoms with Crippen LogP contribution >= 0.6 is 0 Å². The van der Waals surface area contributed by atoms with Gasteiger partial charge in [0.25, 0.3) is 0 Å². The number of hydrogen-bond acceptors (Lipinski definition) is 2. The van der Waals surface area contributed by atoms with Crippen molar-refractivity contribution in [3.63, 3.8) is 0 Å². The fraction of sp³-hybridized carbons (Fsp3) is 0.0909. The van der Waals surface area contributed by atoms with Gasteiger partial charge in [0.15, 0.2) is 0 Å². The van der Waals surface area contributed by atoms with Gasteiger partial charge in [0, 0.05) is 0 Å². The quantitative estimate of drug-likeness (QED) is 0.654. The van der Waals surface area contributed by atoms with E-state index in [0.29, 0.717) is 5.56 Å². The molecule has 1 rings (SSSR count). The van der Waals surface area contributed by atoms with Crippen LogP contribution in [0.2, 0.25) is 0 Å². The van der Waals surface area contributed by atoms with Crippen molar-refractivity contribution in [3.8, 4) is 0 Å². The lowest BCUT2D eigenvalue weighted by Gasteiger charge is -2.02. The number of rotatable bonds is 3. The maximum absolute atomic E-state index is 10.9. The molecule has 13 heavy (non-hydrogen) atoms. The Labute approximate surface area is 77.8 Å². The van der Waals surface area contributed by atoms with Crippen molar-refractivity contribution in [2.75, 3.05) is 7.11 Å². The van der Waals surface area contributed by atoms with E-state index in [4.69, 9.17) is 0 Å². The molecule has 0 aliphatic carbocycles. The van der Waals surface area contributed by atoms with Crippen LogP contribution in [-0.2, 0) is 9.53 Å². The summed E-state index contributed by atoms with van der Waals surface area (Å²) in [4.78, 5) is 10.9. The van der Waals surface area contributed by atoms with Crippen LogP contribution in [0.15, 0.2) is 30.8 Å². The van der Waals surface area contributed by atoms with Crippen LogP contribution < -0.4 is 0 Å². The van der Waals surface area contributed by atoms with Crippen LogP contribution in [0.3, 0.4) is 0 Å². The van der Waals surface area contributed by atoms with Crippen LogP contribution in [0.25, 0.3) is 6.08 Å². The van der Waals surface area contributed by atoms with Crippen LogP contribution in [0.1, 0.15) is 11.1 Å². The SMILES string of the molecule is C=Cc1ccccc1[C]C(=O)OC. The summed E-state index contributed by atoms with van der Waals surface area (Å²) in [6.07, 6.45) is 4.25. The third-order valence-corrected chi connectivity index (χ3v) is 1.60. The number of esters is 1. The van der Waals surface area contributed by atoms with E-state index in [1.807, 2.05) is 18.2 Å². The maximum Gasteiger partial charge on any atom is 0.319 e. The lowest BCUT2D eigenvalue weighted by molar-refractivity contribution is -0.136. The first kappa shape index (κ1) is 9.52. The molecule has 0 unspecified atom stereocenters. The van der Waals surface area contributed by atoms with Crippen molar-refractivity contribution in [2.24, 2.45) is 0 Å². The van der Waals surface area contributed by atoms with E-state index in [2.05, 4.69) is 17.7 Å². The van der Waals surface area contributed by atoms with E-state index in [1.54, 1.807) is 12.1 Å². The normalized spacial score (nSPS) is 9.31. The van der Waals surface area contributed by atoms with Gasteiger partial charge in [0.05, 0.1) is 7.11 Å². The molecule has 1 aromatic carbocycles. The van der Waals surface area contributed by atoms with E-state index in [9.17, 15) is 4.79 Å². The van der Waals surface area contributed by atoms with Crippen molar-refractivity contribution in [1.29, 1.82) is 0 Å². The van der Waals surface area contributed by atoms with E-state index >= 15 is 0 Å². The standard InChI is InChI=1S/C11H10O2/c1-3-9-6-4-5-7-10(9)8-11(12)13-2/h3-7H,1H2,2H3. The molecule has 0 bridgehead atoms. The van der Waals surface area contributed by atoms with Crippen LogP contribution in [-0.4, -0.2) is 13.1 Å². The number of carbonyl (C=O) groups is 1. The lowest BCUT2D eigenvalue weighted by Crippen LogP contribution is -2.02. The second kappa shape index (κ2) is 4.45. The number of carbonyl (C=O) groups excluding carboxylic acids is 1. The predicted octanol–water partition coefficient (Wildman–Crippen LogP) is 1.93. The zero-order valence-electron chi connectivity index (χ0n) is 7.41. The zero-order valence-corrected chi connectivity index (χ0v) is 7.41. The number of benzene rings is 1. The highest BCUT2D eigenvalue weighted by molar-refractivity contribution is 5.84. The molecule has 0 aromatic heterocycles. The number of ether oxygens (including phenoxy) is 1. The van der Waals surface area contributed by atoms with Crippen LogP contribution in [0.5, 0.6) is 0 Å². The summed E-state index contributed by atoms with van der Waals surface area (Å²) < 4.78 is 4.47. The average Bonchev–Trinajstić information content (AvgIpc) is 2.18. The minimum absolute atomic E-state index is 0.478. The fourth-order valence-electron chi connectivity index (χ4n) is 0.950. The van der Waals surface area contributed by atoms with Gasteiger partial charge in [-0.1, -0.05) is 36.9 Å². The highest BCUT2D eigenvalue weighted by Crippen LogP contribution is 2.12. The summed E-state index contributed by atoms with van der Waals surface area (Å²) in [7, 11) is 1.33. The molecular weight excluding hydrogens is 164 g/mol. The maximum atomic E-state index is 10.9. The molecule has 0 aliphatic rings. The zero-order chi connectivity index (χ0) is 9.68. The predicted molar refractivity (Wildman–Crippen MR) is 50.9 cm³/mol. The molecule has 1 aromatic rings. The van der Waals surface area contributed by atoms with Crippen molar-refractivity contribution >= 4 is 12.0 Å². The molecule has 2 radical (unpaired) electrons. The summed E-state index contributed by atoms with van der Waals surface area (Å²) in [5.74, 6) is -0.478. The van der Waals surface area contributed by atoms with Crippen molar-refractivity contribution in [1.82, 2.24) is 0 Å². The Morgan fingerprint density at radius 2 is 2.23 bits per heavy atom. The summed E-state index contributed by atoms with van der Waals surface area (Å²) in [6.45, 7) is 3.63. The third kappa shape index (κ3) is 2.44. The molecule has 0 aliphatic heterocycles. The van der Waals surface area contributed by atoms with Gasteiger partial charge in [-0.3, -0.25) is 4.79 Å². The Hall–Kier alpha value is -1.57. The fourth-order valence-corrected chi connectivity index (χ4v) is 0.950. The average molecular weight is 174 g/mol. The molecule has 66 valence electrons. The van der Waals surface area contributed by atoms with Crippen LogP contribution in [0.4, 0.5) is 0 Å². The highest BCUT2D eigenvalue weighted by Gasteiger charge is 2.06. The molecule has 2 heteroatoms. The monoisotopic (exact) mass is 174 g/mol. The van der Waals surface area contributed by atoms with Crippen molar-refractivity contribution in [3.05, 3.63) is 48.4 Å². The molecule has 0 saturated heterocycles. The van der Waals surface area contributed by atoms with Crippen molar-refractivity contribution in [2.45, 2.75) is 0 Å². The summed E-state index contributed by atoms with van der Waals surface area (Å²) in [6, 6.07) is 7.35. The first-order valence-corrected chi connectivity index (χ1v) is 3.84. The van der Waals surface area contributed by atoms with Gasteiger partial charge in [-0.25, -0.2) is 0 Å². The van der Waals surface area contributed by atoms with E-state index < -0.39 is 5.97 Å². The molecule has 0 N–H and O–H groups in total. The topological polar surface area (TPSA) is 26.3 Å². The van der Waals surface area contributed by atoms with Gasteiger partial charge in [0.1, 0.15) is 6.42 Å². The Kier molecular flexibility index (Phi) is 3.26. The summed E-state index contributed by atoms with van der Waals surface area (Å²) in [5.41, 5.74) is 1.57. The lowest BCUT2D eigenvalue weighted by atomic mass is 10.1. The smallest absolute Gasteiger partial charge is 0.319 e. The molecule has 0 heterocycles. The second-order valence-electron chi connectivity index (χ2n) is 2.41. The second-order valence-corrected chi connectivity index (χ2v) is 2.41. The molecule has 0 fully saturated rings. The number of methoxy groups -OCH3 is 1.